The molecule has 2 heterocycles. The van der Waals surface area contributed by atoms with Crippen LogP contribution in [0.5, 0.6) is 11.5 Å². The van der Waals surface area contributed by atoms with Gasteiger partial charge in [0.25, 0.3) is 6.01 Å². The highest BCUT2D eigenvalue weighted by Crippen LogP contribution is 2.31. The average Bonchev–Trinajstić information content (AvgIpc) is 2.86. The lowest BCUT2D eigenvalue weighted by Crippen LogP contribution is -2.15. The van der Waals surface area contributed by atoms with Gasteiger partial charge in [-0.1, -0.05) is 6.07 Å². The monoisotopic (exact) mass is 246 g/mol. The van der Waals surface area contributed by atoms with Crippen molar-refractivity contribution in [2.45, 2.75) is 6.42 Å². The summed E-state index contributed by atoms with van der Waals surface area (Å²) >= 11 is 0. The Morgan fingerprint density at radius 2 is 2.06 bits per heavy atom. The summed E-state index contributed by atoms with van der Waals surface area (Å²) in [7, 11) is 1.78. The Bertz CT molecular complexity index is 551. The van der Waals surface area contributed by atoms with Gasteiger partial charge in [-0.15, -0.1) is 0 Å². The van der Waals surface area contributed by atoms with Gasteiger partial charge in [0.15, 0.2) is 11.5 Å². The molecule has 0 amide bonds. The lowest BCUT2D eigenvalue weighted by atomic mass is 10.1. The number of nitrogens with one attached hydrogen (secondary N) is 1. The second-order valence-electron chi connectivity index (χ2n) is 4.05. The van der Waals surface area contributed by atoms with Gasteiger partial charge in [0.1, 0.15) is 19.5 Å². The molecule has 0 bridgehead atoms. The minimum Gasteiger partial charge on any atom is -0.486 e. The van der Waals surface area contributed by atoms with Crippen molar-refractivity contribution in [2.24, 2.45) is 0 Å². The quantitative estimate of drug-likeness (QED) is 0.898. The third-order valence-electron chi connectivity index (χ3n) is 2.76. The summed E-state index contributed by atoms with van der Waals surface area (Å²) in [4.78, 5) is 4.29. The molecule has 1 aliphatic heterocycles. The van der Waals surface area contributed by atoms with Crippen molar-refractivity contribution >= 4 is 6.01 Å². The molecule has 0 fully saturated rings. The topological polar surface area (TPSA) is 56.5 Å². The highest BCUT2D eigenvalue weighted by Gasteiger charge is 2.12. The van der Waals surface area contributed by atoms with E-state index in [-0.39, 0.29) is 0 Å². The van der Waals surface area contributed by atoms with Gasteiger partial charge in [-0.25, -0.2) is 0 Å². The van der Waals surface area contributed by atoms with E-state index < -0.39 is 0 Å². The first kappa shape index (κ1) is 11.0. The van der Waals surface area contributed by atoms with Crippen LogP contribution in [0.3, 0.4) is 0 Å². The summed E-state index contributed by atoms with van der Waals surface area (Å²) in [6.07, 6.45) is 2.37. The SMILES string of the molecule is CNc1nc(Cc2ccc3c(c2)OCCO3)co1. The Morgan fingerprint density at radius 1 is 1.22 bits per heavy atom. The Kier molecular flexibility index (Phi) is 2.80. The van der Waals surface area contributed by atoms with Crippen LogP contribution in [0.2, 0.25) is 0 Å². The molecule has 0 aliphatic carbocycles. The van der Waals surface area contributed by atoms with Crippen LogP contribution < -0.4 is 14.8 Å². The maximum atomic E-state index is 5.55. The summed E-state index contributed by atoms with van der Waals surface area (Å²) in [6.45, 7) is 1.21. The number of fused-ring (bicyclic) bond motifs is 1. The van der Waals surface area contributed by atoms with Gasteiger partial charge in [0, 0.05) is 13.5 Å². The van der Waals surface area contributed by atoms with E-state index in [4.69, 9.17) is 13.9 Å². The lowest BCUT2D eigenvalue weighted by Gasteiger charge is -2.18. The highest BCUT2D eigenvalue weighted by molar-refractivity contribution is 5.44. The van der Waals surface area contributed by atoms with Crippen LogP contribution in [0, 0.1) is 0 Å². The number of hydrogen-bond donors (Lipinski definition) is 1. The summed E-state index contributed by atoms with van der Waals surface area (Å²) in [5, 5.41) is 2.86. The molecule has 18 heavy (non-hydrogen) atoms. The molecular formula is C13H14N2O3. The number of nitrogens with zero attached hydrogens (tertiary/aromatic N) is 1. The van der Waals surface area contributed by atoms with E-state index in [1.54, 1.807) is 13.3 Å². The first-order chi connectivity index (χ1) is 8.85. The van der Waals surface area contributed by atoms with Crippen LogP contribution in [0.15, 0.2) is 28.9 Å². The Labute approximate surface area is 105 Å². The number of aromatic nitrogens is 1. The Hall–Kier alpha value is -2.17. The largest absolute Gasteiger partial charge is 0.486 e. The predicted octanol–water partition coefficient (Wildman–Crippen LogP) is 2.08. The molecule has 0 atom stereocenters. The zero-order chi connectivity index (χ0) is 12.4. The predicted molar refractivity (Wildman–Crippen MR) is 66.3 cm³/mol. The van der Waals surface area contributed by atoms with Gasteiger partial charge in [-0.3, -0.25) is 0 Å². The van der Waals surface area contributed by atoms with E-state index in [0.29, 0.717) is 25.6 Å². The number of anilines is 1. The standard InChI is InChI=1S/C13H14N2O3/c1-14-13-15-10(8-18-13)6-9-2-3-11-12(7-9)17-5-4-16-11/h2-3,7-8H,4-6H2,1H3,(H,14,15). The highest BCUT2D eigenvalue weighted by atomic mass is 16.6. The molecule has 0 unspecified atom stereocenters. The number of hydrogen-bond acceptors (Lipinski definition) is 5. The molecule has 0 saturated carbocycles. The third-order valence-corrected chi connectivity index (χ3v) is 2.76. The molecule has 5 heteroatoms. The summed E-state index contributed by atoms with van der Waals surface area (Å²) in [5.74, 6) is 1.61. The van der Waals surface area contributed by atoms with Crippen molar-refractivity contribution in [1.29, 1.82) is 0 Å². The van der Waals surface area contributed by atoms with Crippen LogP contribution in [0.25, 0.3) is 0 Å². The molecule has 0 spiro atoms. The zero-order valence-corrected chi connectivity index (χ0v) is 10.1. The smallest absolute Gasteiger partial charge is 0.294 e. The van der Waals surface area contributed by atoms with Crippen LogP contribution in [0.4, 0.5) is 6.01 Å². The first-order valence-corrected chi connectivity index (χ1v) is 5.86. The second-order valence-corrected chi connectivity index (χ2v) is 4.05. The molecule has 2 aromatic rings. The summed E-state index contributed by atoms with van der Waals surface area (Å²) in [6, 6.07) is 6.47. The molecule has 0 saturated heterocycles. The first-order valence-electron chi connectivity index (χ1n) is 5.86. The van der Waals surface area contributed by atoms with Crippen LogP contribution in [-0.4, -0.2) is 25.2 Å². The number of oxazole rings is 1. The van der Waals surface area contributed by atoms with Gasteiger partial charge >= 0.3 is 0 Å². The fourth-order valence-electron chi connectivity index (χ4n) is 1.91. The molecule has 5 nitrogen and oxygen atoms in total. The van der Waals surface area contributed by atoms with Crippen molar-refractivity contribution in [3.05, 3.63) is 35.7 Å². The zero-order valence-electron chi connectivity index (χ0n) is 10.1. The maximum absolute atomic E-state index is 5.55. The Morgan fingerprint density at radius 3 is 2.83 bits per heavy atom. The second kappa shape index (κ2) is 4.60. The minimum atomic E-state index is 0.530. The minimum absolute atomic E-state index is 0.530. The van der Waals surface area contributed by atoms with Gasteiger partial charge in [0.2, 0.25) is 0 Å². The molecule has 1 aromatic carbocycles. The van der Waals surface area contributed by atoms with Crippen LogP contribution in [-0.2, 0) is 6.42 Å². The van der Waals surface area contributed by atoms with E-state index in [1.807, 2.05) is 18.2 Å². The van der Waals surface area contributed by atoms with Gasteiger partial charge in [0.05, 0.1) is 5.69 Å². The van der Waals surface area contributed by atoms with Gasteiger partial charge < -0.3 is 19.2 Å². The molecule has 1 aliphatic rings. The number of rotatable bonds is 3. The van der Waals surface area contributed by atoms with Crippen molar-refractivity contribution in [3.63, 3.8) is 0 Å². The summed E-state index contributed by atoms with van der Waals surface area (Å²) in [5.41, 5.74) is 2.01. The normalized spacial score (nSPS) is 13.4. The van der Waals surface area contributed by atoms with Crippen LogP contribution >= 0.6 is 0 Å². The van der Waals surface area contributed by atoms with E-state index in [9.17, 15) is 0 Å². The van der Waals surface area contributed by atoms with Crippen molar-refractivity contribution in [2.75, 3.05) is 25.6 Å². The van der Waals surface area contributed by atoms with Crippen molar-refractivity contribution < 1.29 is 13.9 Å². The molecular weight excluding hydrogens is 232 g/mol. The van der Waals surface area contributed by atoms with E-state index in [1.165, 1.54) is 0 Å². The molecule has 1 N–H and O–H groups in total. The van der Waals surface area contributed by atoms with Crippen LogP contribution in [0.1, 0.15) is 11.3 Å². The third kappa shape index (κ3) is 2.11. The fourth-order valence-corrected chi connectivity index (χ4v) is 1.91. The van der Waals surface area contributed by atoms with E-state index in [2.05, 4.69) is 10.3 Å². The fraction of sp³-hybridized carbons (Fsp3) is 0.308. The van der Waals surface area contributed by atoms with E-state index in [0.717, 1.165) is 22.8 Å². The van der Waals surface area contributed by atoms with Gasteiger partial charge in [-0.2, -0.15) is 4.98 Å². The number of ether oxygens (including phenoxy) is 2. The van der Waals surface area contributed by atoms with Gasteiger partial charge in [-0.05, 0) is 17.7 Å². The molecule has 3 rings (SSSR count). The molecule has 1 aromatic heterocycles. The molecule has 94 valence electrons. The lowest BCUT2D eigenvalue weighted by molar-refractivity contribution is 0.171. The maximum Gasteiger partial charge on any atom is 0.294 e. The Balaban J connectivity index is 1.80. The van der Waals surface area contributed by atoms with Crippen molar-refractivity contribution in [3.8, 4) is 11.5 Å². The molecule has 0 radical (unpaired) electrons. The average molecular weight is 246 g/mol. The van der Waals surface area contributed by atoms with E-state index >= 15 is 0 Å². The summed E-state index contributed by atoms with van der Waals surface area (Å²) < 4.78 is 16.2. The van der Waals surface area contributed by atoms with Crippen molar-refractivity contribution in [1.82, 2.24) is 4.98 Å². The number of benzene rings is 1.